The van der Waals surface area contributed by atoms with E-state index < -0.39 is 0 Å². The summed E-state index contributed by atoms with van der Waals surface area (Å²) < 4.78 is 0. The van der Waals surface area contributed by atoms with Crippen molar-refractivity contribution in [2.24, 2.45) is 11.8 Å². The molecule has 3 heteroatoms. The van der Waals surface area contributed by atoms with Crippen molar-refractivity contribution in [1.29, 1.82) is 0 Å². The lowest BCUT2D eigenvalue weighted by molar-refractivity contribution is 0.231. The zero-order chi connectivity index (χ0) is 13.4. The van der Waals surface area contributed by atoms with Gasteiger partial charge in [0.15, 0.2) is 5.11 Å². The van der Waals surface area contributed by atoms with Gasteiger partial charge < -0.3 is 10.6 Å². The summed E-state index contributed by atoms with van der Waals surface area (Å²) in [6, 6.07) is 0.564. The van der Waals surface area contributed by atoms with Crippen LogP contribution in [0, 0.1) is 11.8 Å². The number of thiocarbonyl (C=S) groups is 1. The highest BCUT2D eigenvalue weighted by Gasteiger charge is 2.27. The molecule has 1 rings (SSSR count). The lowest BCUT2D eigenvalue weighted by Crippen LogP contribution is -2.49. The van der Waals surface area contributed by atoms with E-state index >= 15 is 0 Å². The molecule has 0 amide bonds. The minimum Gasteiger partial charge on any atom is -0.363 e. The fourth-order valence-electron chi connectivity index (χ4n) is 2.92. The number of rotatable bonds is 6. The number of unbranched alkanes of at least 4 members (excludes halogenated alkanes) is 3. The molecular formula is C15H30N2S. The zero-order valence-electron chi connectivity index (χ0n) is 12.3. The van der Waals surface area contributed by atoms with Crippen LogP contribution < -0.4 is 10.6 Å². The molecule has 0 heterocycles. The lowest BCUT2D eigenvalue weighted by atomic mass is 9.79. The van der Waals surface area contributed by atoms with E-state index in [4.69, 9.17) is 12.2 Å². The van der Waals surface area contributed by atoms with Gasteiger partial charge in [0.25, 0.3) is 0 Å². The van der Waals surface area contributed by atoms with Crippen molar-refractivity contribution in [3.8, 4) is 0 Å². The van der Waals surface area contributed by atoms with Crippen LogP contribution in [0.15, 0.2) is 0 Å². The molecule has 0 aromatic heterocycles. The smallest absolute Gasteiger partial charge is 0.166 e. The van der Waals surface area contributed by atoms with E-state index in [1.54, 1.807) is 0 Å². The molecule has 106 valence electrons. The normalized spacial score (nSPS) is 27.8. The Morgan fingerprint density at radius 1 is 1.11 bits per heavy atom. The molecular weight excluding hydrogens is 240 g/mol. The molecule has 0 aromatic rings. The Kier molecular flexibility index (Phi) is 7.64. The summed E-state index contributed by atoms with van der Waals surface area (Å²) in [5.74, 6) is 1.49. The van der Waals surface area contributed by atoms with Crippen molar-refractivity contribution in [2.45, 2.75) is 71.8 Å². The van der Waals surface area contributed by atoms with E-state index in [9.17, 15) is 0 Å². The molecule has 2 atom stereocenters. The highest BCUT2D eigenvalue weighted by molar-refractivity contribution is 7.80. The highest BCUT2D eigenvalue weighted by Crippen LogP contribution is 2.28. The molecule has 18 heavy (non-hydrogen) atoms. The first-order chi connectivity index (χ1) is 8.65. The monoisotopic (exact) mass is 270 g/mol. The molecule has 0 radical (unpaired) electrons. The SMILES string of the molecule is CCCCCCNC(=S)NC1C(C)CCCC1C. The molecule has 0 aliphatic heterocycles. The molecule has 0 aromatic carbocycles. The van der Waals surface area contributed by atoms with Crippen LogP contribution in [-0.2, 0) is 0 Å². The largest absolute Gasteiger partial charge is 0.363 e. The van der Waals surface area contributed by atoms with Gasteiger partial charge in [-0.15, -0.1) is 0 Å². The van der Waals surface area contributed by atoms with Crippen LogP contribution in [0.5, 0.6) is 0 Å². The van der Waals surface area contributed by atoms with Crippen LogP contribution in [0.3, 0.4) is 0 Å². The lowest BCUT2D eigenvalue weighted by Gasteiger charge is -2.36. The van der Waals surface area contributed by atoms with Crippen molar-refractivity contribution in [2.75, 3.05) is 6.54 Å². The molecule has 2 nitrogen and oxygen atoms in total. The number of hydrogen-bond donors (Lipinski definition) is 2. The second kappa shape index (κ2) is 8.73. The van der Waals surface area contributed by atoms with E-state index in [-0.39, 0.29) is 0 Å². The molecule has 2 N–H and O–H groups in total. The van der Waals surface area contributed by atoms with Gasteiger partial charge >= 0.3 is 0 Å². The molecule has 1 fully saturated rings. The van der Waals surface area contributed by atoms with E-state index in [1.165, 1.54) is 44.9 Å². The molecule has 0 saturated heterocycles. The van der Waals surface area contributed by atoms with Crippen molar-refractivity contribution < 1.29 is 0 Å². The summed E-state index contributed by atoms with van der Waals surface area (Å²) in [6.07, 6.45) is 9.20. The third-order valence-corrected chi connectivity index (χ3v) is 4.42. The second-order valence-corrected chi connectivity index (χ2v) is 6.28. The second-order valence-electron chi connectivity index (χ2n) is 5.87. The average molecular weight is 270 g/mol. The Balaban J connectivity index is 2.18. The molecule has 0 bridgehead atoms. The van der Waals surface area contributed by atoms with E-state index in [2.05, 4.69) is 31.4 Å². The van der Waals surface area contributed by atoms with Crippen molar-refractivity contribution in [3.63, 3.8) is 0 Å². The van der Waals surface area contributed by atoms with Gasteiger partial charge in [0.2, 0.25) is 0 Å². The number of nitrogens with one attached hydrogen (secondary N) is 2. The van der Waals surface area contributed by atoms with Gasteiger partial charge in [0.1, 0.15) is 0 Å². The predicted octanol–water partition coefficient (Wildman–Crippen LogP) is 3.86. The van der Waals surface area contributed by atoms with Crippen LogP contribution in [0.25, 0.3) is 0 Å². The standard InChI is InChI=1S/C15H30N2S/c1-4-5-6-7-11-16-15(18)17-14-12(2)9-8-10-13(14)3/h12-14H,4-11H2,1-3H3,(H2,16,17,18). The minimum atomic E-state index is 0.564. The van der Waals surface area contributed by atoms with E-state index in [1.807, 2.05) is 0 Å². The Bertz CT molecular complexity index is 233. The Labute approximate surface area is 118 Å². The Morgan fingerprint density at radius 2 is 1.78 bits per heavy atom. The van der Waals surface area contributed by atoms with Gasteiger partial charge in [0, 0.05) is 12.6 Å². The van der Waals surface area contributed by atoms with Crippen LogP contribution in [0.2, 0.25) is 0 Å². The predicted molar refractivity (Wildman–Crippen MR) is 83.8 cm³/mol. The fourth-order valence-corrected chi connectivity index (χ4v) is 3.16. The topological polar surface area (TPSA) is 24.1 Å². The summed E-state index contributed by atoms with van der Waals surface area (Å²) >= 11 is 5.40. The maximum atomic E-state index is 5.40. The summed E-state index contributed by atoms with van der Waals surface area (Å²) in [6.45, 7) is 7.95. The quantitative estimate of drug-likeness (QED) is 0.566. The van der Waals surface area contributed by atoms with E-state index in [0.717, 1.165) is 23.5 Å². The summed E-state index contributed by atoms with van der Waals surface area (Å²) in [5.41, 5.74) is 0. The first-order valence-corrected chi connectivity index (χ1v) is 8.10. The van der Waals surface area contributed by atoms with Gasteiger partial charge in [-0.1, -0.05) is 46.5 Å². The average Bonchev–Trinajstić information content (AvgIpc) is 2.34. The van der Waals surface area contributed by atoms with Crippen LogP contribution in [-0.4, -0.2) is 17.7 Å². The van der Waals surface area contributed by atoms with Gasteiger partial charge in [-0.25, -0.2) is 0 Å². The first-order valence-electron chi connectivity index (χ1n) is 7.69. The van der Waals surface area contributed by atoms with E-state index in [0.29, 0.717) is 6.04 Å². The van der Waals surface area contributed by atoms with Crippen LogP contribution >= 0.6 is 12.2 Å². The number of hydrogen-bond acceptors (Lipinski definition) is 1. The minimum absolute atomic E-state index is 0.564. The van der Waals surface area contributed by atoms with Crippen LogP contribution in [0.4, 0.5) is 0 Å². The summed E-state index contributed by atoms with van der Waals surface area (Å²) in [7, 11) is 0. The first kappa shape index (κ1) is 15.7. The summed E-state index contributed by atoms with van der Waals surface area (Å²) in [4.78, 5) is 0. The molecule has 1 aliphatic carbocycles. The van der Waals surface area contributed by atoms with Gasteiger partial charge in [0.05, 0.1) is 0 Å². The maximum Gasteiger partial charge on any atom is 0.166 e. The molecule has 1 saturated carbocycles. The van der Waals surface area contributed by atoms with Gasteiger partial charge in [-0.2, -0.15) is 0 Å². The third kappa shape index (κ3) is 5.55. The third-order valence-electron chi connectivity index (χ3n) is 4.16. The van der Waals surface area contributed by atoms with Gasteiger partial charge in [-0.05, 0) is 43.3 Å². The van der Waals surface area contributed by atoms with Crippen molar-refractivity contribution in [1.82, 2.24) is 10.6 Å². The van der Waals surface area contributed by atoms with Crippen LogP contribution in [0.1, 0.15) is 65.7 Å². The van der Waals surface area contributed by atoms with Gasteiger partial charge in [-0.3, -0.25) is 0 Å². The fraction of sp³-hybridized carbons (Fsp3) is 0.933. The molecule has 0 spiro atoms. The zero-order valence-corrected chi connectivity index (χ0v) is 13.1. The molecule has 1 aliphatic rings. The Hall–Kier alpha value is -0.310. The summed E-state index contributed by atoms with van der Waals surface area (Å²) in [5, 5.41) is 7.74. The molecule has 2 unspecified atom stereocenters. The van der Waals surface area contributed by atoms with Crippen molar-refractivity contribution >= 4 is 17.3 Å². The van der Waals surface area contributed by atoms with Crippen molar-refractivity contribution in [3.05, 3.63) is 0 Å². The Morgan fingerprint density at radius 3 is 2.39 bits per heavy atom. The highest BCUT2D eigenvalue weighted by atomic mass is 32.1. The maximum absolute atomic E-state index is 5.40.